The Balaban J connectivity index is 1.48. The van der Waals surface area contributed by atoms with Crippen molar-refractivity contribution >= 4 is 23.1 Å². The van der Waals surface area contributed by atoms with E-state index in [0.29, 0.717) is 24.3 Å². The van der Waals surface area contributed by atoms with Crippen molar-refractivity contribution in [2.45, 2.75) is 20.0 Å². The number of carboxylic acid groups (broad SMARTS) is 1. The Kier molecular flexibility index (Phi) is 6.56. The van der Waals surface area contributed by atoms with Crippen LogP contribution in [0.4, 0.5) is 0 Å². The zero-order valence-corrected chi connectivity index (χ0v) is 18.8. The van der Waals surface area contributed by atoms with E-state index in [0.717, 1.165) is 21.6 Å². The molecule has 0 aliphatic heterocycles. The summed E-state index contributed by atoms with van der Waals surface area (Å²) < 4.78 is 6.04. The second-order valence-corrected chi connectivity index (χ2v) is 8.60. The van der Waals surface area contributed by atoms with E-state index in [1.165, 1.54) is 18.3 Å². The van der Waals surface area contributed by atoms with Crippen molar-refractivity contribution in [2.75, 3.05) is 0 Å². The number of rotatable bonds is 8. The minimum atomic E-state index is -0.933. The average molecular weight is 459 g/mol. The van der Waals surface area contributed by atoms with Gasteiger partial charge in [0.2, 0.25) is 0 Å². The molecule has 0 saturated carbocycles. The molecule has 0 atom stereocenters. The molecule has 3 aromatic carbocycles. The van der Waals surface area contributed by atoms with Crippen LogP contribution in [0.1, 0.15) is 44.3 Å². The number of thiophene rings is 1. The topological polar surface area (TPSA) is 83.8 Å². The number of phenols is 1. The van der Waals surface area contributed by atoms with Crippen molar-refractivity contribution in [3.63, 3.8) is 0 Å². The second kappa shape index (κ2) is 9.71. The van der Waals surface area contributed by atoms with Gasteiger partial charge in [0.1, 0.15) is 18.1 Å². The molecular weight excluding hydrogens is 436 g/mol. The summed E-state index contributed by atoms with van der Waals surface area (Å²) in [6, 6.07) is 21.9. The lowest BCUT2D eigenvalue weighted by molar-refractivity contribution is 0.0696. The van der Waals surface area contributed by atoms with Gasteiger partial charge in [0.05, 0.1) is 16.7 Å². The predicted molar refractivity (Wildman–Crippen MR) is 128 cm³/mol. The first-order valence-electron chi connectivity index (χ1n) is 10.4. The number of benzene rings is 3. The smallest absolute Gasteiger partial charge is 0.335 e. The monoisotopic (exact) mass is 458 g/mol. The SMILES string of the molecule is CC(=O)c1ccc(OCc2ccc(Cc3ccc(C(=O)O)cc3)cc2)c(-c2cccs2)c1O. The third-order valence-electron chi connectivity index (χ3n) is 5.31. The molecule has 0 radical (unpaired) electrons. The summed E-state index contributed by atoms with van der Waals surface area (Å²) in [4.78, 5) is 23.7. The van der Waals surface area contributed by atoms with Gasteiger partial charge in [0.15, 0.2) is 5.78 Å². The largest absolute Gasteiger partial charge is 0.506 e. The summed E-state index contributed by atoms with van der Waals surface area (Å²) in [6.07, 6.45) is 0.698. The number of ether oxygens (including phenoxy) is 1. The van der Waals surface area contributed by atoms with E-state index in [1.54, 1.807) is 24.3 Å². The number of hydrogen-bond acceptors (Lipinski definition) is 5. The van der Waals surface area contributed by atoms with Crippen LogP contribution in [0.3, 0.4) is 0 Å². The van der Waals surface area contributed by atoms with Gasteiger partial charge in [0, 0.05) is 4.88 Å². The van der Waals surface area contributed by atoms with E-state index in [1.807, 2.05) is 53.9 Å². The van der Waals surface area contributed by atoms with Crippen LogP contribution in [0, 0.1) is 0 Å². The summed E-state index contributed by atoms with van der Waals surface area (Å²) in [5.41, 5.74) is 4.17. The summed E-state index contributed by atoms with van der Waals surface area (Å²) in [6.45, 7) is 1.74. The predicted octanol–water partition coefficient (Wildman–Crippen LogP) is 6.19. The highest BCUT2D eigenvalue weighted by Gasteiger charge is 2.19. The molecule has 0 aliphatic carbocycles. The van der Waals surface area contributed by atoms with E-state index >= 15 is 0 Å². The summed E-state index contributed by atoms with van der Waals surface area (Å²) >= 11 is 1.47. The van der Waals surface area contributed by atoms with Crippen LogP contribution in [-0.4, -0.2) is 22.0 Å². The van der Waals surface area contributed by atoms with Crippen molar-refractivity contribution in [1.82, 2.24) is 0 Å². The third kappa shape index (κ3) is 5.13. The first kappa shape index (κ1) is 22.3. The van der Waals surface area contributed by atoms with Gasteiger partial charge < -0.3 is 14.9 Å². The number of ketones is 1. The number of carboxylic acids is 1. The molecule has 166 valence electrons. The zero-order chi connectivity index (χ0) is 23.4. The number of aromatic hydroxyl groups is 1. The van der Waals surface area contributed by atoms with E-state index in [9.17, 15) is 14.7 Å². The van der Waals surface area contributed by atoms with Crippen molar-refractivity contribution in [3.8, 4) is 21.9 Å². The summed E-state index contributed by atoms with van der Waals surface area (Å²) in [7, 11) is 0. The van der Waals surface area contributed by atoms with Crippen LogP contribution in [-0.2, 0) is 13.0 Å². The average Bonchev–Trinajstić information content (AvgIpc) is 3.33. The molecule has 6 heteroatoms. The molecule has 33 heavy (non-hydrogen) atoms. The Morgan fingerprint density at radius 2 is 1.52 bits per heavy atom. The molecule has 1 aromatic heterocycles. The molecule has 4 rings (SSSR count). The van der Waals surface area contributed by atoms with E-state index in [-0.39, 0.29) is 22.7 Å². The van der Waals surface area contributed by atoms with E-state index in [4.69, 9.17) is 9.84 Å². The highest BCUT2D eigenvalue weighted by atomic mass is 32.1. The Morgan fingerprint density at radius 1 is 0.879 bits per heavy atom. The van der Waals surface area contributed by atoms with E-state index in [2.05, 4.69) is 0 Å². The fourth-order valence-electron chi connectivity index (χ4n) is 3.55. The third-order valence-corrected chi connectivity index (χ3v) is 6.20. The molecular formula is C27H22O5S. The van der Waals surface area contributed by atoms with Gasteiger partial charge >= 0.3 is 5.97 Å². The molecule has 5 nitrogen and oxygen atoms in total. The van der Waals surface area contributed by atoms with Gasteiger partial charge in [-0.1, -0.05) is 42.5 Å². The van der Waals surface area contributed by atoms with Crippen LogP contribution >= 0.6 is 11.3 Å². The number of phenolic OH excluding ortho intramolecular Hbond substituents is 1. The van der Waals surface area contributed by atoms with Crippen LogP contribution < -0.4 is 4.74 Å². The Morgan fingerprint density at radius 3 is 2.09 bits per heavy atom. The summed E-state index contributed by atoms with van der Waals surface area (Å²) in [5, 5.41) is 21.6. The molecule has 0 spiro atoms. The molecule has 0 unspecified atom stereocenters. The lowest BCUT2D eigenvalue weighted by Crippen LogP contribution is -2.00. The highest BCUT2D eigenvalue weighted by Crippen LogP contribution is 2.42. The van der Waals surface area contributed by atoms with Crippen molar-refractivity contribution in [3.05, 3.63) is 106 Å². The second-order valence-electron chi connectivity index (χ2n) is 7.65. The molecule has 2 N–H and O–H groups in total. The van der Waals surface area contributed by atoms with Gasteiger partial charge in [0.25, 0.3) is 0 Å². The standard InChI is InChI=1S/C27H22O5S/c1-17(28)22-12-13-23(25(26(22)29)24-3-2-14-33-24)32-16-20-6-4-18(5-7-20)15-19-8-10-21(11-9-19)27(30)31/h2-14,29H,15-16H2,1H3,(H,30,31). The Labute approximate surface area is 195 Å². The molecule has 0 fully saturated rings. The van der Waals surface area contributed by atoms with Crippen molar-refractivity contribution in [2.24, 2.45) is 0 Å². The van der Waals surface area contributed by atoms with Crippen molar-refractivity contribution in [1.29, 1.82) is 0 Å². The first-order valence-corrected chi connectivity index (χ1v) is 11.2. The maximum Gasteiger partial charge on any atom is 0.335 e. The van der Waals surface area contributed by atoms with Gasteiger partial charge in [-0.15, -0.1) is 11.3 Å². The lowest BCUT2D eigenvalue weighted by Gasteiger charge is -2.14. The highest BCUT2D eigenvalue weighted by molar-refractivity contribution is 7.13. The van der Waals surface area contributed by atoms with Crippen LogP contribution in [0.25, 0.3) is 10.4 Å². The van der Waals surface area contributed by atoms with Gasteiger partial charge in [-0.05, 0) is 65.7 Å². The maximum atomic E-state index is 11.9. The van der Waals surface area contributed by atoms with Crippen LogP contribution in [0.5, 0.6) is 11.5 Å². The van der Waals surface area contributed by atoms with Crippen LogP contribution in [0.2, 0.25) is 0 Å². The number of aromatic carboxylic acids is 1. The Hall–Kier alpha value is -3.90. The normalized spacial score (nSPS) is 10.7. The molecule has 0 saturated heterocycles. The molecule has 0 aliphatic rings. The molecule has 0 amide bonds. The number of carbonyl (C=O) groups excluding carboxylic acids is 1. The fourth-order valence-corrected chi connectivity index (χ4v) is 4.33. The fraction of sp³-hybridized carbons (Fsp3) is 0.111. The Bertz CT molecular complexity index is 1270. The zero-order valence-electron chi connectivity index (χ0n) is 17.9. The quantitative estimate of drug-likeness (QED) is 0.308. The minimum absolute atomic E-state index is 0.0632. The van der Waals surface area contributed by atoms with Crippen molar-refractivity contribution < 1.29 is 24.5 Å². The number of Topliss-reactive ketones (excluding diaryl/α,β-unsaturated/α-hetero) is 1. The number of hydrogen-bond donors (Lipinski definition) is 2. The van der Waals surface area contributed by atoms with Gasteiger partial charge in [-0.2, -0.15) is 0 Å². The van der Waals surface area contributed by atoms with E-state index < -0.39 is 5.97 Å². The molecule has 4 aromatic rings. The van der Waals surface area contributed by atoms with Crippen LogP contribution in [0.15, 0.2) is 78.2 Å². The maximum absolute atomic E-state index is 11.9. The lowest BCUT2D eigenvalue weighted by atomic mass is 10.0. The summed E-state index contributed by atoms with van der Waals surface area (Å²) in [5.74, 6) is -0.684. The number of carbonyl (C=O) groups is 2. The molecule has 1 heterocycles. The molecule has 0 bridgehead atoms. The van der Waals surface area contributed by atoms with Gasteiger partial charge in [-0.3, -0.25) is 4.79 Å². The van der Waals surface area contributed by atoms with Gasteiger partial charge in [-0.25, -0.2) is 4.79 Å². The first-order chi connectivity index (χ1) is 15.9. The minimum Gasteiger partial charge on any atom is -0.506 e.